The highest BCUT2D eigenvalue weighted by Gasteiger charge is 2.30. The van der Waals surface area contributed by atoms with Gasteiger partial charge in [0.1, 0.15) is 6.04 Å². The van der Waals surface area contributed by atoms with E-state index in [-0.39, 0.29) is 23.3 Å². The standard InChI is InChI=1S/C27H30N2O5S/c1-33-25-16-15-21(18-26(25)34-2)35(31,32)29-24(17-19-9-4-3-5-10-19)27(30)28-23-14-8-12-20-11-6-7-13-22(20)23/h3-7,9-11,13,15-16,18,23-24,29H,8,12,14,17H2,1-2H3,(H,28,30). The molecule has 4 rings (SSSR count). The van der Waals surface area contributed by atoms with Crippen molar-refractivity contribution in [3.8, 4) is 11.5 Å². The van der Waals surface area contributed by atoms with Gasteiger partial charge in [0.25, 0.3) is 0 Å². The van der Waals surface area contributed by atoms with E-state index in [1.54, 1.807) is 0 Å². The lowest BCUT2D eigenvalue weighted by molar-refractivity contribution is -0.123. The summed E-state index contributed by atoms with van der Waals surface area (Å²) in [6.45, 7) is 0. The molecular formula is C27H30N2O5S. The van der Waals surface area contributed by atoms with Crippen LogP contribution in [0, 0.1) is 0 Å². The zero-order valence-electron chi connectivity index (χ0n) is 19.9. The van der Waals surface area contributed by atoms with Gasteiger partial charge in [-0.2, -0.15) is 4.72 Å². The first-order valence-corrected chi connectivity index (χ1v) is 13.1. The molecule has 0 radical (unpaired) electrons. The molecule has 0 saturated heterocycles. The van der Waals surface area contributed by atoms with Gasteiger partial charge in [0, 0.05) is 6.07 Å². The van der Waals surface area contributed by atoms with Gasteiger partial charge in [0.05, 0.1) is 25.2 Å². The molecule has 184 valence electrons. The van der Waals surface area contributed by atoms with Crippen LogP contribution in [0.3, 0.4) is 0 Å². The molecule has 0 bridgehead atoms. The molecular weight excluding hydrogens is 464 g/mol. The second-order valence-electron chi connectivity index (χ2n) is 8.53. The number of hydrogen-bond donors (Lipinski definition) is 2. The van der Waals surface area contributed by atoms with Crippen LogP contribution in [0.1, 0.15) is 35.6 Å². The normalized spacial score (nSPS) is 16.1. The van der Waals surface area contributed by atoms with Crippen molar-refractivity contribution >= 4 is 15.9 Å². The van der Waals surface area contributed by atoms with Crippen LogP contribution in [0.15, 0.2) is 77.7 Å². The maximum Gasteiger partial charge on any atom is 0.241 e. The van der Waals surface area contributed by atoms with Crippen LogP contribution >= 0.6 is 0 Å². The Balaban J connectivity index is 1.60. The van der Waals surface area contributed by atoms with E-state index in [1.165, 1.54) is 38.0 Å². The molecule has 1 aliphatic rings. The van der Waals surface area contributed by atoms with E-state index in [0.29, 0.717) is 11.5 Å². The lowest BCUT2D eigenvalue weighted by Crippen LogP contribution is -2.49. The largest absolute Gasteiger partial charge is 0.493 e. The number of aryl methyl sites for hydroxylation is 1. The van der Waals surface area contributed by atoms with Crippen LogP contribution in [-0.4, -0.2) is 34.6 Å². The number of carbonyl (C=O) groups is 1. The van der Waals surface area contributed by atoms with E-state index < -0.39 is 16.1 Å². The number of nitrogens with one attached hydrogen (secondary N) is 2. The first-order chi connectivity index (χ1) is 16.9. The Morgan fingerprint density at radius 3 is 2.43 bits per heavy atom. The van der Waals surface area contributed by atoms with E-state index in [0.717, 1.165) is 30.4 Å². The van der Waals surface area contributed by atoms with Crippen LogP contribution in [0.2, 0.25) is 0 Å². The smallest absolute Gasteiger partial charge is 0.241 e. The van der Waals surface area contributed by atoms with E-state index in [9.17, 15) is 13.2 Å². The number of hydrogen-bond acceptors (Lipinski definition) is 5. The van der Waals surface area contributed by atoms with Crippen LogP contribution in [0.5, 0.6) is 11.5 Å². The summed E-state index contributed by atoms with van der Waals surface area (Å²) in [6, 6.07) is 20.6. The predicted octanol–water partition coefficient (Wildman–Crippen LogP) is 3.79. The van der Waals surface area contributed by atoms with E-state index >= 15 is 0 Å². The van der Waals surface area contributed by atoms with Crippen LogP contribution in [0.4, 0.5) is 0 Å². The Morgan fingerprint density at radius 1 is 0.971 bits per heavy atom. The van der Waals surface area contributed by atoms with Gasteiger partial charge in [0.15, 0.2) is 11.5 Å². The van der Waals surface area contributed by atoms with E-state index in [4.69, 9.17) is 9.47 Å². The second-order valence-corrected chi connectivity index (χ2v) is 10.2. The van der Waals surface area contributed by atoms with Crippen LogP contribution < -0.4 is 19.5 Å². The quantitative estimate of drug-likeness (QED) is 0.472. The lowest BCUT2D eigenvalue weighted by atomic mass is 9.87. The molecule has 1 amide bonds. The monoisotopic (exact) mass is 494 g/mol. The maximum atomic E-state index is 13.5. The summed E-state index contributed by atoms with van der Waals surface area (Å²) in [5.74, 6) is 0.346. The number of amides is 1. The fourth-order valence-corrected chi connectivity index (χ4v) is 5.66. The summed E-state index contributed by atoms with van der Waals surface area (Å²) in [7, 11) is -1.11. The first-order valence-electron chi connectivity index (χ1n) is 11.6. The Kier molecular flexibility index (Phi) is 7.73. The molecule has 0 aliphatic heterocycles. The van der Waals surface area contributed by atoms with Gasteiger partial charge in [-0.05, 0) is 54.5 Å². The number of sulfonamides is 1. The number of benzene rings is 3. The van der Waals surface area contributed by atoms with Crippen molar-refractivity contribution < 1.29 is 22.7 Å². The molecule has 3 aromatic carbocycles. The van der Waals surface area contributed by atoms with Gasteiger partial charge in [-0.1, -0.05) is 54.6 Å². The second kappa shape index (κ2) is 10.9. The topological polar surface area (TPSA) is 93.7 Å². The Morgan fingerprint density at radius 2 is 1.69 bits per heavy atom. The molecule has 7 nitrogen and oxygen atoms in total. The van der Waals surface area contributed by atoms with Crippen molar-refractivity contribution in [2.75, 3.05) is 14.2 Å². The molecule has 35 heavy (non-hydrogen) atoms. The molecule has 2 unspecified atom stereocenters. The molecule has 0 saturated carbocycles. The van der Waals surface area contributed by atoms with Crippen molar-refractivity contribution in [3.63, 3.8) is 0 Å². The van der Waals surface area contributed by atoms with Gasteiger partial charge >= 0.3 is 0 Å². The van der Waals surface area contributed by atoms with Crippen molar-refractivity contribution in [2.24, 2.45) is 0 Å². The zero-order valence-corrected chi connectivity index (χ0v) is 20.7. The summed E-state index contributed by atoms with van der Waals surface area (Å²) in [5.41, 5.74) is 3.16. The van der Waals surface area contributed by atoms with Gasteiger partial charge in [-0.25, -0.2) is 8.42 Å². The van der Waals surface area contributed by atoms with Crippen molar-refractivity contribution in [1.82, 2.24) is 10.0 Å². The van der Waals surface area contributed by atoms with Crippen LogP contribution in [0.25, 0.3) is 0 Å². The third-order valence-corrected chi connectivity index (χ3v) is 7.72. The number of ether oxygens (including phenoxy) is 2. The van der Waals surface area contributed by atoms with Crippen molar-refractivity contribution in [3.05, 3.63) is 89.5 Å². The molecule has 2 N–H and O–H groups in total. The number of methoxy groups -OCH3 is 2. The molecule has 8 heteroatoms. The average molecular weight is 495 g/mol. The number of rotatable bonds is 9. The summed E-state index contributed by atoms with van der Waals surface area (Å²) < 4.78 is 39.7. The number of fused-ring (bicyclic) bond motifs is 1. The molecule has 2 atom stereocenters. The van der Waals surface area contributed by atoms with Crippen molar-refractivity contribution in [2.45, 2.75) is 42.7 Å². The maximum absolute atomic E-state index is 13.5. The minimum atomic E-state index is -4.03. The third-order valence-electron chi connectivity index (χ3n) is 6.25. The highest BCUT2D eigenvalue weighted by atomic mass is 32.2. The van der Waals surface area contributed by atoms with Crippen molar-refractivity contribution in [1.29, 1.82) is 0 Å². The van der Waals surface area contributed by atoms with Gasteiger partial charge in [-0.3, -0.25) is 4.79 Å². The predicted molar refractivity (Wildman–Crippen MR) is 134 cm³/mol. The fraction of sp³-hybridized carbons (Fsp3) is 0.296. The highest BCUT2D eigenvalue weighted by molar-refractivity contribution is 7.89. The lowest BCUT2D eigenvalue weighted by Gasteiger charge is -2.28. The minimum absolute atomic E-state index is 0.0102. The molecule has 1 aliphatic carbocycles. The minimum Gasteiger partial charge on any atom is -0.493 e. The first kappa shape index (κ1) is 24.8. The zero-order chi connectivity index (χ0) is 24.8. The Bertz CT molecular complexity index is 1280. The van der Waals surface area contributed by atoms with Gasteiger partial charge < -0.3 is 14.8 Å². The molecule has 0 spiro atoms. The summed E-state index contributed by atoms with van der Waals surface area (Å²) >= 11 is 0. The third kappa shape index (κ3) is 5.83. The molecule has 0 heterocycles. The molecule has 3 aromatic rings. The summed E-state index contributed by atoms with van der Waals surface area (Å²) in [4.78, 5) is 13.5. The fourth-order valence-electron chi connectivity index (χ4n) is 4.45. The molecule has 0 aromatic heterocycles. The van der Waals surface area contributed by atoms with Gasteiger partial charge in [-0.15, -0.1) is 0 Å². The molecule has 0 fully saturated rings. The van der Waals surface area contributed by atoms with Gasteiger partial charge in [0.2, 0.25) is 15.9 Å². The SMILES string of the molecule is COc1ccc(S(=O)(=O)NC(Cc2ccccc2)C(=O)NC2CCCc3ccccc32)cc1OC. The Labute approximate surface area is 206 Å². The summed E-state index contributed by atoms with van der Waals surface area (Å²) in [5, 5.41) is 3.10. The highest BCUT2D eigenvalue weighted by Crippen LogP contribution is 2.31. The Hall–Kier alpha value is -3.36. The number of carbonyl (C=O) groups excluding carboxylic acids is 1. The van der Waals surface area contributed by atoms with E-state index in [2.05, 4.69) is 16.1 Å². The van der Waals surface area contributed by atoms with Crippen LogP contribution in [-0.2, 0) is 27.7 Å². The average Bonchev–Trinajstić information content (AvgIpc) is 2.88. The summed E-state index contributed by atoms with van der Waals surface area (Å²) in [6.07, 6.45) is 2.96. The van der Waals surface area contributed by atoms with E-state index in [1.807, 2.05) is 48.5 Å².